The highest BCUT2D eigenvalue weighted by Crippen LogP contribution is 2.11. The van der Waals surface area contributed by atoms with Crippen molar-refractivity contribution in [1.82, 2.24) is 9.97 Å². The van der Waals surface area contributed by atoms with Crippen LogP contribution in [-0.2, 0) is 0 Å². The van der Waals surface area contributed by atoms with Gasteiger partial charge in [-0.2, -0.15) is 0 Å². The Balaban J connectivity index is 2.99. The molecule has 0 aromatic carbocycles. The maximum atomic E-state index is 4.24. The molecule has 1 aromatic rings. The Morgan fingerprint density at radius 3 is 2.79 bits per heavy atom. The van der Waals surface area contributed by atoms with E-state index >= 15 is 0 Å². The Morgan fingerprint density at radius 1 is 1.50 bits per heavy atom. The van der Waals surface area contributed by atoms with Crippen LogP contribution in [0.1, 0.15) is 25.4 Å². The molecular weight excluding hydrogens is 174 g/mol. The van der Waals surface area contributed by atoms with Gasteiger partial charge < -0.3 is 4.98 Å². The molecule has 3 nitrogen and oxygen atoms in total. The molecule has 0 aliphatic carbocycles. The van der Waals surface area contributed by atoms with Crippen molar-refractivity contribution in [3.63, 3.8) is 0 Å². The zero-order chi connectivity index (χ0) is 10.4. The van der Waals surface area contributed by atoms with Crippen molar-refractivity contribution in [2.75, 3.05) is 0 Å². The summed E-state index contributed by atoms with van der Waals surface area (Å²) in [7, 11) is 0. The average molecular weight is 189 g/mol. The van der Waals surface area contributed by atoms with E-state index in [1.807, 2.05) is 39.0 Å². The summed E-state index contributed by atoms with van der Waals surface area (Å²) in [4.78, 5) is 11.6. The third-order valence-corrected chi connectivity index (χ3v) is 1.66. The van der Waals surface area contributed by atoms with Gasteiger partial charge in [0.2, 0.25) is 0 Å². The molecule has 0 atom stereocenters. The van der Waals surface area contributed by atoms with Crippen molar-refractivity contribution < 1.29 is 0 Å². The Kier molecular flexibility index (Phi) is 3.85. The van der Waals surface area contributed by atoms with Crippen LogP contribution >= 0.6 is 0 Å². The minimum absolute atomic E-state index is 0.804. The minimum Gasteiger partial charge on any atom is -0.341 e. The van der Waals surface area contributed by atoms with Crippen LogP contribution in [0.15, 0.2) is 29.4 Å². The fourth-order valence-corrected chi connectivity index (χ4v) is 1.05. The molecule has 74 valence electrons. The molecule has 14 heavy (non-hydrogen) atoms. The van der Waals surface area contributed by atoms with Gasteiger partial charge in [-0.15, -0.1) is 0 Å². The third kappa shape index (κ3) is 2.69. The maximum Gasteiger partial charge on any atom is 0.156 e. The normalized spacial score (nSPS) is 13.2. The fourth-order valence-electron chi connectivity index (χ4n) is 1.05. The van der Waals surface area contributed by atoms with Crippen molar-refractivity contribution in [3.05, 3.63) is 35.9 Å². The standard InChI is InChI=1S/C11H15N3/c1-4-6-7-10(12-5-2)11-13-8-9(3)14-11/h4-8H,1-3H3,(H,13,14)/b6-4-,10-7-,12-5?. The van der Waals surface area contributed by atoms with E-state index in [1.165, 1.54) is 0 Å². The molecule has 0 bridgehead atoms. The third-order valence-electron chi connectivity index (χ3n) is 1.66. The van der Waals surface area contributed by atoms with Crippen LogP contribution in [0.5, 0.6) is 0 Å². The number of rotatable bonds is 3. The Morgan fingerprint density at radius 2 is 2.29 bits per heavy atom. The van der Waals surface area contributed by atoms with Gasteiger partial charge in [0.25, 0.3) is 0 Å². The number of nitrogens with one attached hydrogen (secondary N) is 1. The van der Waals surface area contributed by atoms with Gasteiger partial charge >= 0.3 is 0 Å². The predicted octanol–water partition coefficient (Wildman–Crippen LogP) is 2.73. The molecule has 3 heteroatoms. The summed E-state index contributed by atoms with van der Waals surface area (Å²) in [5.74, 6) is 0.804. The highest BCUT2D eigenvalue weighted by atomic mass is 15.0. The average Bonchev–Trinajstić information content (AvgIpc) is 2.59. The lowest BCUT2D eigenvalue weighted by molar-refractivity contribution is 1.19. The van der Waals surface area contributed by atoms with Gasteiger partial charge in [0, 0.05) is 18.1 Å². The quantitative estimate of drug-likeness (QED) is 0.576. The molecule has 1 N–H and O–H groups in total. The van der Waals surface area contributed by atoms with Gasteiger partial charge in [-0.1, -0.05) is 12.2 Å². The van der Waals surface area contributed by atoms with Gasteiger partial charge in [0.15, 0.2) is 5.82 Å². The number of allylic oxidation sites excluding steroid dienone is 3. The number of aromatic nitrogens is 2. The van der Waals surface area contributed by atoms with E-state index in [1.54, 1.807) is 12.4 Å². The smallest absolute Gasteiger partial charge is 0.156 e. The minimum atomic E-state index is 0.804. The first-order valence-electron chi connectivity index (χ1n) is 4.61. The molecule has 0 unspecified atom stereocenters. The van der Waals surface area contributed by atoms with Crippen LogP contribution in [0.2, 0.25) is 0 Å². The number of aliphatic imine (C=N–C) groups is 1. The molecule has 0 saturated carbocycles. The molecule has 1 aromatic heterocycles. The zero-order valence-electron chi connectivity index (χ0n) is 8.78. The second-order valence-corrected chi connectivity index (χ2v) is 2.88. The SMILES string of the molecule is CC=N/C(=C\C=C/C)c1ncc(C)[nH]1. The first kappa shape index (κ1) is 10.4. The van der Waals surface area contributed by atoms with Crippen molar-refractivity contribution in [1.29, 1.82) is 0 Å². The van der Waals surface area contributed by atoms with Crippen molar-refractivity contribution in [2.45, 2.75) is 20.8 Å². The van der Waals surface area contributed by atoms with E-state index in [-0.39, 0.29) is 0 Å². The monoisotopic (exact) mass is 189 g/mol. The summed E-state index contributed by atoms with van der Waals surface area (Å²) in [6, 6.07) is 0. The van der Waals surface area contributed by atoms with Crippen LogP contribution in [0.25, 0.3) is 5.70 Å². The fraction of sp³-hybridized carbons (Fsp3) is 0.273. The summed E-state index contributed by atoms with van der Waals surface area (Å²) >= 11 is 0. The Bertz CT molecular complexity index is 370. The summed E-state index contributed by atoms with van der Waals surface area (Å²) in [6.45, 7) is 5.83. The number of aryl methyl sites for hydroxylation is 1. The van der Waals surface area contributed by atoms with E-state index in [2.05, 4.69) is 15.0 Å². The summed E-state index contributed by atoms with van der Waals surface area (Å²) in [5, 5.41) is 0. The largest absolute Gasteiger partial charge is 0.341 e. The highest BCUT2D eigenvalue weighted by molar-refractivity contribution is 5.70. The molecule has 1 rings (SSSR count). The molecule has 0 saturated heterocycles. The molecule has 0 fully saturated rings. The maximum absolute atomic E-state index is 4.24. The van der Waals surface area contributed by atoms with Gasteiger partial charge in [-0.25, -0.2) is 4.98 Å². The molecule has 0 amide bonds. The number of nitrogens with zero attached hydrogens (tertiary/aromatic N) is 2. The second kappa shape index (κ2) is 5.17. The first-order valence-corrected chi connectivity index (χ1v) is 4.61. The Labute approximate surface area is 84.3 Å². The molecule has 0 aliphatic rings. The van der Waals surface area contributed by atoms with E-state index in [4.69, 9.17) is 0 Å². The summed E-state index contributed by atoms with van der Waals surface area (Å²) < 4.78 is 0. The summed E-state index contributed by atoms with van der Waals surface area (Å²) in [6.07, 6.45) is 9.39. The zero-order valence-corrected chi connectivity index (χ0v) is 8.78. The van der Waals surface area contributed by atoms with Crippen molar-refractivity contribution in [3.8, 4) is 0 Å². The second-order valence-electron chi connectivity index (χ2n) is 2.88. The van der Waals surface area contributed by atoms with Crippen molar-refractivity contribution in [2.24, 2.45) is 4.99 Å². The van der Waals surface area contributed by atoms with E-state index in [9.17, 15) is 0 Å². The van der Waals surface area contributed by atoms with Crippen LogP contribution in [0, 0.1) is 6.92 Å². The lowest BCUT2D eigenvalue weighted by Crippen LogP contribution is -1.84. The van der Waals surface area contributed by atoms with E-state index < -0.39 is 0 Å². The summed E-state index contributed by atoms with van der Waals surface area (Å²) in [5.41, 5.74) is 1.89. The number of H-pyrrole nitrogens is 1. The van der Waals surface area contributed by atoms with E-state index in [0.717, 1.165) is 17.2 Å². The lowest BCUT2D eigenvalue weighted by Gasteiger charge is -1.94. The highest BCUT2D eigenvalue weighted by Gasteiger charge is 2.01. The number of imidazole rings is 1. The Hall–Kier alpha value is -1.64. The van der Waals surface area contributed by atoms with Crippen LogP contribution in [0.3, 0.4) is 0 Å². The van der Waals surface area contributed by atoms with Gasteiger partial charge in [0.05, 0.1) is 0 Å². The molecular formula is C11H15N3. The van der Waals surface area contributed by atoms with Gasteiger partial charge in [-0.05, 0) is 26.8 Å². The first-order chi connectivity index (χ1) is 6.77. The topological polar surface area (TPSA) is 41.0 Å². The van der Waals surface area contributed by atoms with Crippen LogP contribution in [0.4, 0.5) is 0 Å². The van der Waals surface area contributed by atoms with Crippen LogP contribution < -0.4 is 0 Å². The predicted molar refractivity (Wildman–Crippen MR) is 60.3 cm³/mol. The number of hydrogen-bond acceptors (Lipinski definition) is 2. The van der Waals surface area contributed by atoms with Gasteiger partial charge in [-0.3, -0.25) is 4.99 Å². The number of hydrogen-bond donors (Lipinski definition) is 1. The molecule has 0 radical (unpaired) electrons. The van der Waals surface area contributed by atoms with E-state index in [0.29, 0.717) is 0 Å². The van der Waals surface area contributed by atoms with Crippen molar-refractivity contribution >= 4 is 11.9 Å². The number of aromatic amines is 1. The molecule has 0 spiro atoms. The lowest BCUT2D eigenvalue weighted by atomic mass is 10.3. The molecule has 1 heterocycles. The van der Waals surface area contributed by atoms with Gasteiger partial charge in [0.1, 0.15) is 5.70 Å². The van der Waals surface area contributed by atoms with Crippen LogP contribution in [-0.4, -0.2) is 16.2 Å². The molecule has 0 aliphatic heterocycles.